The number of thioether (sulfide) groups is 1. The largest absolute Gasteiger partial charge is 0.341 e. The Bertz CT molecular complexity index is 452. The van der Waals surface area contributed by atoms with Gasteiger partial charge in [0.05, 0.1) is 6.42 Å². The molecule has 0 spiro atoms. The molecule has 20 heavy (non-hydrogen) atoms. The van der Waals surface area contributed by atoms with Crippen LogP contribution >= 0.6 is 27.7 Å². The van der Waals surface area contributed by atoms with E-state index in [9.17, 15) is 4.79 Å². The van der Waals surface area contributed by atoms with E-state index in [2.05, 4.69) is 27.8 Å². The molecule has 0 bridgehead atoms. The smallest absolute Gasteiger partial charge is 0.227 e. The van der Waals surface area contributed by atoms with Gasteiger partial charge in [-0.1, -0.05) is 47.5 Å². The zero-order valence-corrected chi connectivity index (χ0v) is 14.4. The van der Waals surface area contributed by atoms with Gasteiger partial charge in [0.2, 0.25) is 5.91 Å². The molecule has 1 fully saturated rings. The van der Waals surface area contributed by atoms with E-state index in [0.717, 1.165) is 35.3 Å². The monoisotopic (exact) mass is 355 g/mol. The zero-order valence-electron chi connectivity index (χ0n) is 12.0. The minimum Gasteiger partial charge on any atom is -0.341 e. The van der Waals surface area contributed by atoms with Crippen molar-refractivity contribution >= 4 is 33.6 Å². The van der Waals surface area contributed by atoms with Crippen LogP contribution in [0.15, 0.2) is 28.7 Å². The third-order valence-corrected chi connectivity index (χ3v) is 5.65. The molecule has 0 saturated carbocycles. The number of nitrogens with zero attached hydrogens (tertiary/aromatic N) is 1. The van der Waals surface area contributed by atoms with Gasteiger partial charge in [-0.25, -0.2) is 0 Å². The number of amides is 1. The number of carbonyl (C=O) groups is 1. The number of benzene rings is 1. The minimum atomic E-state index is 0.264. The lowest BCUT2D eigenvalue weighted by atomic mass is 10.1. The van der Waals surface area contributed by atoms with Crippen molar-refractivity contribution in [3.63, 3.8) is 0 Å². The fraction of sp³-hybridized carbons (Fsp3) is 0.562. The highest BCUT2D eigenvalue weighted by atomic mass is 79.9. The van der Waals surface area contributed by atoms with E-state index in [1.165, 1.54) is 12.8 Å². The molecule has 0 radical (unpaired) electrons. The maximum Gasteiger partial charge on any atom is 0.227 e. The summed E-state index contributed by atoms with van der Waals surface area (Å²) in [5.74, 6) is 1.40. The Kier molecular flexibility index (Phi) is 6.43. The fourth-order valence-electron chi connectivity index (χ4n) is 2.62. The van der Waals surface area contributed by atoms with E-state index in [-0.39, 0.29) is 5.91 Å². The highest BCUT2D eigenvalue weighted by Crippen LogP contribution is 2.23. The van der Waals surface area contributed by atoms with E-state index >= 15 is 0 Å². The summed E-state index contributed by atoms with van der Waals surface area (Å²) < 4.78 is 1.03. The van der Waals surface area contributed by atoms with E-state index in [0.29, 0.717) is 11.7 Å². The van der Waals surface area contributed by atoms with Gasteiger partial charge in [0, 0.05) is 22.8 Å². The van der Waals surface area contributed by atoms with Gasteiger partial charge in [-0.2, -0.15) is 11.8 Å². The molecule has 110 valence electrons. The Balaban J connectivity index is 1.98. The number of hydrogen-bond donors (Lipinski definition) is 0. The first-order valence-corrected chi connectivity index (χ1v) is 9.17. The summed E-state index contributed by atoms with van der Waals surface area (Å²) in [4.78, 5) is 14.6. The average molecular weight is 356 g/mol. The molecular formula is C16H22BrNOS. The summed E-state index contributed by atoms with van der Waals surface area (Å²) >= 11 is 5.52. The number of hydrogen-bond acceptors (Lipinski definition) is 2. The van der Waals surface area contributed by atoms with E-state index in [1.807, 2.05) is 36.0 Å². The van der Waals surface area contributed by atoms with Crippen LogP contribution < -0.4 is 0 Å². The molecular weight excluding hydrogens is 334 g/mol. The van der Waals surface area contributed by atoms with Gasteiger partial charge in [0.1, 0.15) is 0 Å². The van der Waals surface area contributed by atoms with Crippen molar-refractivity contribution in [2.45, 2.75) is 37.9 Å². The molecule has 1 heterocycles. The molecule has 1 unspecified atom stereocenters. The number of likely N-dealkylation sites (tertiary alicyclic amines) is 1. The lowest BCUT2D eigenvalue weighted by molar-refractivity contribution is -0.130. The number of halogens is 1. The molecule has 1 aromatic rings. The molecule has 1 aliphatic heterocycles. The fourth-order valence-corrected chi connectivity index (χ4v) is 4.13. The van der Waals surface area contributed by atoms with Crippen molar-refractivity contribution in [2.24, 2.45) is 0 Å². The molecule has 1 atom stereocenters. The summed E-state index contributed by atoms with van der Waals surface area (Å²) in [6.45, 7) is 4.04. The van der Waals surface area contributed by atoms with Gasteiger partial charge in [0.15, 0.2) is 0 Å². The number of carbonyl (C=O) groups excluding carboxylic acids is 1. The second-order valence-corrected chi connectivity index (χ2v) is 7.61. The Morgan fingerprint density at radius 3 is 2.95 bits per heavy atom. The third kappa shape index (κ3) is 4.52. The van der Waals surface area contributed by atoms with Crippen molar-refractivity contribution in [2.75, 3.05) is 18.8 Å². The van der Waals surface area contributed by atoms with Crippen molar-refractivity contribution in [3.05, 3.63) is 34.3 Å². The Labute approximate surface area is 134 Å². The Hall–Kier alpha value is -0.480. The molecule has 1 amide bonds. The third-order valence-electron chi connectivity index (χ3n) is 3.68. The quantitative estimate of drug-likeness (QED) is 0.809. The van der Waals surface area contributed by atoms with Crippen molar-refractivity contribution in [1.29, 1.82) is 0 Å². The standard InChI is InChI=1S/C16H22BrNOS/c1-2-20-14-8-5-6-10-18(12-14)16(19)11-13-7-3-4-9-15(13)17/h3-4,7,9,14H,2,5-6,8,10-12H2,1H3. The number of rotatable bonds is 4. The SMILES string of the molecule is CCSC1CCCCN(C(=O)Cc2ccccc2Br)C1. The van der Waals surface area contributed by atoms with Gasteiger partial charge in [-0.15, -0.1) is 0 Å². The topological polar surface area (TPSA) is 20.3 Å². The minimum absolute atomic E-state index is 0.264. The van der Waals surface area contributed by atoms with Crippen LogP contribution in [0.4, 0.5) is 0 Å². The Morgan fingerprint density at radius 2 is 2.20 bits per heavy atom. The van der Waals surface area contributed by atoms with Gasteiger partial charge in [0.25, 0.3) is 0 Å². The normalized spacial score (nSPS) is 19.7. The van der Waals surface area contributed by atoms with Crippen LogP contribution in [0.3, 0.4) is 0 Å². The van der Waals surface area contributed by atoms with Gasteiger partial charge in [-0.3, -0.25) is 4.79 Å². The van der Waals surface area contributed by atoms with Crippen LogP contribution in [-0.2, 0) is 11.2 Å². The summed E-state index contributed by atoms with van der Waals surface area (Å²) in [5.41, 5.74) is 1.08. The average Bonchev–Trinajstić information content (AvgIpc) is 2.67. The van der Waals surface area contributed by atoms with Crippen LogP contribution in [0.2, 0.25) is 0 Å². The summed E-state index contributed by atoms with van der Waals surface area (Å²) in [7, 11) is 0. The van der Waals surface area contributed by atoms with Crippen molar-refractivity contribution in [1.82, 2.24) is 4.90 Å². The maximum atomic E-state index is 12.5. The van der Waals surface area contributed by atoms with Gasteiger partial charge >= 0.3 is 0 Å². The van der Waals surface area contributed by atoms with Crippen LogP contribution in [0.1, 0.15) is 31.7 Å². The predicted molar refractivity (Wildman–Crippen MR) is 90.2 cm³/mol. The lowest BCUT2D eigenvalue weighted by Gasteiger charge is -2.24. The second kappa shape index (κ2) is 8.08. The molecule has 2 nitrogen and oxygen atoms in total. The molecule has 0 aliphatic carbocycles. The molecule has 0 aromatic heterocycles. The molecule has 1 aromatic carbocycles. The molecule has 0 N–H and O–H groups in total. The first-order valence-electron chi connectivity index (χ1n) is 7.33. The predicted octanol–water partition coefficient (Wildman–Crippen LogP) is 4.13. The molecule has 2 rings (SSSR count). The first kappa shape index (κ1) is 15.9. The van der Waals surface area contributed by atoms with Gasteiger partial charge < -0.3 is 4.90 Å². The zero-order chi connectivity index (χ0) is 14.4. The van der Waals surface area contributed by atoms with E-state index in [1.54, 1.807) is 0 Å². The maximum absolute atomic E-state index is 12.5. The summed E-state index contributed by atoms with van der Waals surface area (Å²) in [6.07, 6.45) is 4.14. The van der Waals surface area contributed by atoms with Crippen LogP contribution in [0.25, 0.3) is 0 Å². The van der Waals surface area contributed by atoms with Gasteiger partial charge in [-0.05, 0) is 30.2 Å². The van der Waals surface area contributed by atoms with Crippen LogP contribution in [0, 0.1) is 0 Å². The van der Waals surface area contributed by atoms with Crippen molar-refractivity contribution < 1.29 is 4.79 Å². The summed E-state index contributed by atoms with van der Waals surface area (Å²) in [5, 5.41) is 0.616. The molecule has 4 heteroatoms. The van der Waals surface area contributed by atoms with E-state index in [4.69, 9.17) is 0 Å². The molecule has 1 aliphatic rings. The highest BCUT2D eigenvalue weighted by molar-refractivity contribution is 9.10. The second-order valence-electron chi connectivity index (χ2n) is 5.18. The Morgan fingerprint density at radius 1 is 1.40 bits per heavy atom. The highest BCUT2D eigenvalue weighted by Gasteiger charge is 2.22. The molecule has 1 saturated heterocycles. The summed E-state index contributed by atoms with van der Waals surface area (Å²) in [6, 6.07) is 8.00. The first-order chi connectivity index (χ1) is 9.70. The van der Waals surface area contributed by atoms with E-state index < -0.39 is 0 Å². The van der Waals surface area contributed by atoms with Crippen molar-refractivity contribution in [3.8, 4) is 0 Å². The van der Waals surface area contributed by atoms with Crippen LogP contribution in [0.5, 0.6) is 0 Å². The van der Waals surface area contributed by atoms with Crippen LogP contribution in [-0.4, -0.2) is 34.9 Å². The lowest BCUT2D eigenvalue weighted by Crippen LogP contribution is -2.36.